The molecular formula is C11H17F2N3S. The standard InChI is InChI=1S/C11H17F2N3S/c1-17-9-3-2-8(6-9)15-7-10-14-4-5-16(10)11(12)13/h4-5,8-9,11,15H,2-3,6-7H2,1H3. The zero-order chi connectivity index (χ0) is 12.3. The fourth-order valence-electron chi connectivity index (χ4n) is 2.23. The zero-order valence-electron chi connectivity index (χ0n) is 9.77. The predicted octanol–water partition coefficient (Wildman–Crippen LogP) is 2.65. The SMILES string of the molecule is CSC1CCC(NCc2nccn2C(F)F)C1. The Labute approximate surface area is 104 Å². The highest BCUT2D eigenvalue weighted by molar-refractivity contribution is 7.99. The van der Waals surface area contributed by atoms with Gasteiger partial charge in [0.25, 0.3) is 0 Å². The molecule has 2 unspecified atom stereocenters. The van der Waals surface area contributed by atoms with E-state index in [-0.39, 0.29) is 0 Å². The first kappa shape index (κ1) is 12.8. The first-order valence-electron chi connectivity index (χ1n) is 5.76. The van der Waals surface area contributed by atoms with Crippen molar-refractivity contribution in [3.8, 4) is 0 Å². The largest absolute Gasteiger partial charge is 0.319 e. The molecule has 1 aliphatic rings. The Kier molecular flexibility index (Phi) is 4.39. The Balaban J connectivity index is 1.84. The summed E-state index contributed by atoms with van der Waals surface area (Å²) in [4.78, 5) is 3.95. The maximum absolute atomic E-state index is 12.6. The average Bonchev–Trinajstić information content (AvgIpc) is 2.95. The molecule has 0 amide bonds. The van der Waals surface area contributed by atoms with Crippen LogP contribution < -0.4 is 5.32 Å². The van der Waals surface area contributed by atoms with Gasteiger partial charge in [-0.05, 0) is 25.5 Å². The monoisotopic (exact) mass is 261 g/mol. The molecule has 1 aliphatic carbocycles. The van der Waals surface area contributed by atoms with Crippen LogP contribution in [0, 0.1) is 0 Å². The number of nitrogens with zero attached hydrogens (tertiary/aromatic N) is 2. The molecule has 6 heteroatoms. The number of hydrogen-bond acceptors (Lipinski definition) is 3. The van der Waals surface area contributed by atoms with Gasteiger partial charge in [-0.25, -0.2) is 4.98 Å². The molecule has 1 aromatic rings. The number of aromatic nitrogens is 2. The molecule has 0 aromatic carbocycles. The van der Waals surface area contributed by atoms with Gasteiger partial charge in [0.15, 0.2) is 0 Å². The highest BCUT2D eigenvalue weighted by Gasteiger charge is 2.23. The molecule has 1 fully saturated rings. The average molecular weight is 261 g/mol. The van der Waals surface area contributed by atoms with E-state index in [1.165, 1.54) is 18.8 Å². The highest BCUT2D eigenvalue weighted by Crippen LogP contribution is 2.28. The molecule has 96 valence electrons. The molecule has 0 radical (unpaired) electrons. The van der Waals surface area contributed by atoms with Gasteiger partial charge in [0.05, 0.1) is 6.54 Å². The van der Waals surface area contributed by atoms with E-state index in [0.29, 0.717) is 23.7 Å². The quantitative estimate of drug-likeness (QED) is 0.883. The van der Waals surface area contributed by atoms with Gasteiger partial charge in [0.2, 0.25) is 0 Å². The summed E-state index contributed by atoms with van der Waals surface area (Å²) >= 11 is 1.89. The fraction of sp³-hybridized carbons (Fsp3) is 0.727. The van der Waals surface area contributed by atoms with Gasteiger partial charge >= 0.3 is 6.55 Å². The lowest BCUT2D eigenvalue weighted by atomic mass is 10.2. The Hall–Kier alpha value is -0.620. The van der Waals surface area contributed by atoms with E-state index in [1.807, 2.05) is 11.8 Å². The number of thioether (sulfide) groups is 1. The summed E-state index contributed by atoms with van der Waals surface area (Å²) in [6.07, 6.45) is 8.32. The topological polar surface area (TPSA) is 29.9 Å². The van der Waals surface area contributed by atoms with Crippen LogP contribution in [0.3, 0.4) is 0 Å². The second-order valence-corrected chi connectivity index (χ2v) is 5.42. The Morgan fingerprint density at radius 1 is 1.59 bits per heavy atom. The van der Waals surface area contributed by atoms with Crippen LogP contribution in [0.25, 0.3) is 0 Å². The van der Waals surface area contributed by atoms with Crippen LogP contribution in [-0.4, -0.2) is 27.1 Å². The van der Waals surface area contributed by atoms with Gasteiger partial charge < -0.3 is 5.32 Å². The summed E-state index contributed by atoms with van der Waals surface area (Å²) in [7, 11) is 0. The Morgan fingerprint density at radius 2 is 2.41 bits per heavy atom. The third kappa shape index (κ3) is 3.19. The van der Waals surface area contributed by atoms with E-state index in [4.69, 9.17) is 0 Å². The van der Waals surface area contributed by atoms with Crippen LogP contribution in [0.5, 0.6) is 0 Å². The van der Waals surface area contributed by atoms with Crippen LogP contribution in [0.2, 0.25) is 0 Å². The van der Waals surface area contributed by atoms with Crippen molar-refractivity contribution >= 4 is 11.8 Å². The summed E-state index contributed by atoms with van der Waals surface area (Å²) in [5.41, 5.74) is 0. The zero-order valence-corrected chi connectivity index (χ0v) is 10.6. The first-order valence-corrected chi connectivity index (χ1v) is 7.05. The van der Waals surface area contributed by atoms with Gasteiger partial charge in [-0.3, -0.25) is 4.57 Å². The van der Waals surface area contributed by atoms with Gasteiger partial charge in [0.1, 0.15) is 5.82 Å². The molecule has 1 N–H and O–H groups in total. The van der Waals surface area contributed by atoms with Crippen molar-refractivity contribution in [1.82, 2.24) is 14.9 Å². The molecule has 2 rings (SSSR count). The van der Waals surface area contributed by atoms with E-state index < -0.39 is 6.55 Å². The summed E-state index contributed by atoms with van der Waals surface area (Å²) in [5.74, 6) is 0.410. The van der Waals surface area contributed by atoms with Crippen molar-refractivity contribution < 1.29 is 8.78 Å². The lowest BCUT2D eigenvalue weighted by Gasteiger charge is -2.13. The maximum atomic E-state index is 12.6. The molecule has 1 saturated carbocycles. The molecule has 0 bridgehead atoms. The van der Waals surface area contributed by atoms with Crippen LogP contribution in [0.4, 0.5) is 8.78 Å². The van der Waals surface area contributed by atoms with Gasteiger partial charge in [0, 0.05) is 23.7 Å². The van der Waals surface area contributed by atoms with E-state index in [0.717, 1.165) is 17.4 Å². The first-order chi connectivity index (χ1) is 8.20. The van der Waals surface area contributed by atoms with E-state index in [2.05, 4.69) is 16.6 Å². The van der Waals surface area contributed by atoms with Crippen LogP contribution in [-0.2, 0) is 6.54 Å². The highest BCUT2D eigenvalue weighted by atomic mass is 32.2. The van der Waals surface area contributed by atoms with Crippen LogP contribution >= 0.6 is 11.8 Å². The predicted molar refractivity (Wildman–Crippen MR) is 65.3 cm³/mol. The second kappa shape index (κ2) is 5.82. The van der Waals surface area contributed by atoms with Crippen molar-refractivity contribution in [3.05, 3.63) is 18.2 Å². The minimum atomic E-state index is -2.50. The van der Waals surface area contributed by atoms with Crippen LogP contribution in [0.15, 0.2) is 12.4 Å². The number of halogens is 2. The van der Waals surface area contributed by atoms with Gasteiger partial charge in [-0.2, -0.15) is 20.5 Å². The normalized spacial score (nSPS) is 24.7. The van der Waals surface area contributed by atoms with E-state index >= 15 is 0 Å². The summed E-state index contributed by atoms with van der Waals surface area (Å²) in [5, 5.41) is 4.02. The van der Waals surface area contributed by atoms with Crippen LogP contribution in [0.1, 0.15) is 31.6 Å². The lowest BCUT2D eigenvalue weighted by molar-refractivity contribution is 0.0665. The lowest BCUT2D eigenvalue weighted by Crippen LogP contribution is -2.27. The minimum absolute atomic E-state index is 0.410. The molecule has 0 aliphatic heterocycles. The number of alkyl halides is 2. The third-order valence-corrected chi connectivity index (χ3v) is 4.32. The number of nitrogens with one attached hydrogen (secondary N) is 1. The van der Waals surface area contributed by atoms with Crippen molar-refractivity contribution in [2.75, 3.05) is 6.26 Å². The minimum Gasteiger partial charge on any atom is -0.307 e. The maximum Gasteiger partial charge on any atom is 0.319 e. The van der Waals surface area contributed by atoms with Crippen molar-refractivity contribution in [3.63, 3.8) is 0 Å². The third-order valence-electron chi connectivity index (χ3n) is 3.23. The van der Waals surface area contributed by atoms with E-state index in [1.54, 1.807) is 0 Å². The van der Waals surface area contributed by atoms with Gasteiger partial charge in [-0.1, -0.05) is 0 Å². The van der Waals surface area contributed by atoms with Crippen molar-refractivity contribution in [2.45, 2.75) is 43.6 Å². The number of imidazole rings is 1. The molecule has 0 spiro atoms. The molecule has 17 heavy (non-hydrogen) atoms. The second-order valence-electron chi connectivity index (χ2n) is 4.28. The molecule has 3 nitrogen and oxygen atoms in total. The molecule has 1 heterocycles. The number of hydrogen-bond donors (Lipinski definition) is 1. The summed E-state index contributed by atoms with van der Waals surface area (Å²) < 4.78 is 26.1. The number of rotatable bonds is 5. The smallest absolute Gasteiger partial charge is 0.307 e. The molecule has 1 aromatic heterocycles. The van der Waals surface area contributed by atoms with Gasteiger partial charge in [-0.15, -0.1) is 0 Å². The van der Waals surface area contributed by atoms with Crippen molar-refractivity contribution in [1.29, 1.82) is 0 Å². The molecular weight excluding hydrogens is 244 g/mol. The summed E-state index contributed by atoms with van der Waals surface area (Å²) in [6, 6.07) is 0.440. The molecule has 0 saturated heterocycles. The molecule has 2 atom stereocenters. The summed E-state index contributed by atoms with van der Waals surface area (Å²) in [6.45, 7) is -2.08. The Morgan fingerprint density at radius 3 is 3.06 bits per heavy atom. The Bertz CT molecular complexity index is 356. The van der Waals surface area contributed by atoms with E-state index in [9.17, 15) is 8.78 Å². The van der Waals surface area contributed by atoms with Crippen molar-refractivity contribution in [2.24, 2.45) is 0 Å². The fourth-order valence-corrected chi connectivity index (χ4v) is 3.03.